The van der Waals surface area contributed by atoms with Gasteiger partial charge in [0.1, 0.15) is 4.90 Å². The summed E-state index contributed by atoms with van der Waals surface area (Å²) in [4.78, 5) is 4.80. The number of benzene rings is 2. The fourth-order valence-corrected chi connectivity index (χ4v) is 6.04. The van der Waals surface area contributed by atoms with E-state index in [-0.39, 0.29) is 32.6 Å². The normalized spacial score (nSPS) is 12.8. The Morgan fingerprint density at radius 2 is 1.79 bits per heavy atom. The first-order valence-electron chi connectivity index (χ1n) is 9.65. The number of hydrogen-bond acceptors (Lipinski definition) is 4. The molecule has 180 valence electrons. The average molecular weight is 585 g/mol. The largest absolute Gasteiger partial charge is 0.416 e. The van der Waals surface area contributed by atoms with E-state index in [1.165, 1.54) is 39.9 Å². The molecule has 0 unspecified atom stereocenters. The average Bonchev–Trinajstić information content (AvgIpc) is 3.09. The fourth-order valence-electron chi connectivity index (χ4n) is 3.16. The Balaban J connectivity index is 0.00000385. The van der Waals surface area contributed by atoms with Crippen LogP contribution in [-0.4, -0.2) is 30.4 Å². The van der Waals surface area contributed by atoms with Crippen LogP contribution in [0.15, 0.2) is 57.7 Å². The van der Waals surface area contributed by atoms with E-state index in [0.29, 0.717) is 29.1 Å². The number of aromatic nitrogens is 1. The van der Waals surface area contributed by atoms with E-state index in [0.717, 1.165) is 12.1 Å². The fraction of sp³-hybridized carbons (Fsp3) is 0.286. The molecule has 1 heterocycles. The molecule has 0 amide bonds. The van der Waals surface area contributed by atoms with Crippen LogP contribution in [0.2, 0.25) is 5.02 Å². The monoisotopic (exact) mass is 583 g/mol. The molecule has 0 spiro atoms. The number of hydrogen-bond donors (Lipinski definition) is 0. The Morgan fingerprint density at radius 3 is 2.39 bits per heavy atom. The maximum Gasteiger partial charge on any atom is 0.416 e. The van der Waals surface area contributed by atoms with E-state index >= 15 is 0 Å². The van der Waals surface area contributed by atoms with E-state index in [4.69, 9.17) is 11.6 Å². The Morgan fingerprint density at radius 1 is 1.12 bits per heavy atom. The van der Waals surface area contributed by atoms with Crippen LogP contribution in [0.25, 0.3) is 11.3 Å². The highest BCUT2D eigenvalue weighted by Gasteiger charge is 2.30. The molecule has 0 aliphatic carbocycles. The standard InChI is InChI=1S/C21H21ClF3N3O2S2.BrH/c1-4-28(5-2)32(29,30)19-11-14(9-10-17(19)22)18-13-31-20(27(18)3)26-16-8-6-7-15(12-16)21(23,24)25;/h6-13H,4-5H2,1-3H3;1H. The van der Waals surface area contributed by atoms with Gasteiger partial charge >= 0.3 is 6.18 Å². The molecule has 0 aliphatic rings. The Labute approximate surface area is 210 Å². The molecule has 1 aromatic heterocycles. The summed E-state index contributed by atoms with van der Waals surface area (Å²) in [6.45, 7) is 4.12. The molecule has 0 fully saturated rings. The first-order valence-corrected chi connectivity index (χ1v) is 12.3. The highest BCUT2D eigenvalue weighted by atomic mass is 79.9. The summed E-state index contributed by atoms with van der Waals surface area (Å²) >= 11 is 7.44. The van der Waals surface area contributed by atoms with Gasteiger partial charge in [0.25, 0.3) is 0 Å². The van der Waals surface area contributed by atoms with Gasteiger partial charge in [0, 0.05) is 31.1 Å². The lowest BCUT2D eigenvalue weighted by Gasteiger charge is -2.19. The minimum Gasteiger partial charge on any atom is -0.320 e. The second-order valence-corrected chi connectivity index (χ2v) is 10.0. The lowest BCUT2D eigenvalue weighted by Crippen LogP contribution is -2.30. The smallest absolute Gasteiger partial charge is 0.320 e. The SMILES string of the molecule is Br.CCN(CC)S(=O)(=O)c1cc(-c2csc(=Nc3cccc(C(F)(F)F)c3)n2C)ccc1Cl. The molecular weight excluding hydrogens is 563 g/mol. The van der Waals surface area contributed by atoms with Gasteiger partial charge in [-0.3, -0.25) is 0 Å². The third kappa shape index (κ3) is 5.89. The summed E-state index contributed by atoms with van der Waals surface area (Å²) in [6.07, 6.45) is -4.45. The van der Waals surface area contributed by atoms with Crippen LogP contribution in [-0.2, 0) is 23.2 Å². The van der Waals surface area contributed by atoms with Crippen molar-refractivity contribution < 1.29 is 21.6 Å². The van der Waals surface area contributed by atoms with E-state index < -0.39 is 21.8 Å². The quantitative estimate of drug-likeness (QED) is 0.343. The van der Waals surface area contributed by atoms with Gasteiger partial charge in [-0.2, -0.15) is 17.5 Å². The molecule has 0 radical (unpaired) electrons. The zero-order valence-corrected chi connectivity index (χ0v) is 22.0. The topological polar surface area (TPSA) is 54.7 Å². The van der Waals surface area contributed by atoms with Crippen LogP contribution >= 0.6 is 39.9 Å². The molecule has 33 heavy (non-hydrogen) atoms. The number of halogens is 5. The van der Waals surface area contributed by atoms with Crippen molar-refractivity contribution in [1.29, 1.82) is 0 Å². The van der Waals surface area contributed by atoms with Crippen LogP contribution in [0.4, 0.5) is 18.9 Å². The van der Waals surface area contributed by atoms with Crippen LogP contribution in [0.5, 0.6) is 0 Å². The van der Waals surface area contributed by atoms with Crippen molar-refractivity contribution in [3.63, 3.8) is 0 Å². The van der Waals surface area contributed by atoms with Crippen LogP contribution in [0.1, 0.15) is 19.4 Å². The lowest BCUT2D eigenvalue weighted by atomic mass is 10.2. The minimum atomic E-state index is -4.45. The van der Waals surface area contributed by atoms with Gasteiger partial charge in [-0.15, -0.1) is 28.3 Å². The van der Waals surface area contributed by atoms with Crippen LogP contribution < -0.4 is 4.80 Å². The van der Waals surface area contributed by atoms with E-state index in [1.54, 1.807) is 36.9 Å². The molecule has 0 atom stereocenters. The molecule has 0 aliphatic heterocycles. The number of sulfonamides is 1. The number of thiazole rings is 1. The predicted octanol–water partition coefficient (Wildman–Crippen LogP) is 6.27. The van der Waals surface area contributed by atoms with E-state index in [1.807, 2.05) is 0 Å². The molecule has 3 aromatic rings. The minimum absolute atomic E-state index is 0. The molecule has 3 rings (SSSR count). The molecule has 5 nitrogen and oxygen atoms in total. The molecule has 0 saturated heterocycles. The van der Waals surface area contributed by atoms with Gasteiger partial charge in [0.2, 0.25) is 10.0 Å². The molecule has 0 N–H and O–H groups in total. The first-order chi connectivity index (χ1) is 15.0. The maximum atomic E-state index is 13.0. The van der Waals surface area contributed by atoms with Crippen molar-refractivity contribution in [2.24, 2.45) is 12.0 Å². The van der Waals surface area contributed by atoms with Gasteiger partial charge in [-0.05, 0) is 30.3 Å². The second-order valence-electron chi connectivity index (χ2n) is 6.86. The van der Waals surface area contributed by atoms with Gasteiger partial charge in [-0.1, -0.05) is 37.6 Å². The summed E-state index contributed by atoms with van der Waals surface area (Å²) in [5.41, 5.74) is 0.657. The first kappa shape index (κ1) is 27.6. The van der Waals surface area contributed by atoms with E-state index in [9.17, 15) is 21.6 Å². The lowest BCUT2D eigenvalue weighted by molar-refractivity contribution is -0.137. The Kier molecular flexibility index (Phi) is 8.97. The van der Waals surface area contributed by atoms with Crippen molar-refractivity contribution in [2.45, 2.75) is 24.9 Å². The van der Waals surface area contributed by atoms with Crippen molar-refractivity contribution in [1.82, 2.24) is 8.87 Å². The summed E-state index contributed by atoms with van der Waals surface area (Å²) in [7, 11) is -2.06. The zero-order valence-electron chi connectivity index (χ0n) is 17.9. The van der Waals surface area contributed by atoms with Crippen molar-refractivity contribution >= 4 is 55.6 Å². The summed E-state index contributed by atoms with van der Waals surface area (Å²) in [5, 5.41) is 1.89. The Bertz CT molecular complexity index is 1300. The summed E-state index contributed by atoms with van der Waals surface area (Å²) in [6, 6.07) is 9.49. The van der Waals surface area contributed by atoms with Crippen molar-refractivity contribution in [3.05, 3.63) is 63.2 Å². The third-order valence-electron chi connectivity index (χ3n) is 4.87. The summed E-state index contributed by atoms with van der Waals surface area (Å²) < 4.78 is 67.9. The molecule has 12 heteroatoms. The molecule has 2 aromatic carbocycles. The van der Waals surface area contributed by atoms with E-state index in [2.05, 4.69) is 4.99 Å². The van der Waals surface area contributed by atoms with Gasteiger partial charge in [-0.25, -0.2) is 13.4 Å². The van der Waals surface area contributed by atoms with Crippen LogP contribution in [0, 0.1) is 0 Å². The van der Waals surface area contributed by atoms with Crippen LogP contribution in [0.3, 0.4) is 0 Å². The third-order valence-corrected chi connectivity index (χ3v) is 8.32. The van der Waals surface area contributed by atoms with Crippen molar-refractivity contribution in [2.75, 3.05) is 13.1 Å². The summed E-state index contributed by atoms with van der Waals surface area (Å²) in [5.74, 6) is 0. The predicted molar refractivity (Wildman–Crippen MR) is 131 cm³/mol. The maximum absolute atomic E-state index is 13.0. The van der Waals surface area contributed by atoms with Gasteiger partial charge < -0.3 is 4.57 Å². The highest BCUT2D eigenvalue weighted by Crippen LogP contribution is 2.32. The second kappa shape index (κ2) is 10.7. The zero-order chi connectivity index (χ0) is 23.7. The van der Waals surface area contributed by atoms with Crippen molar-refractivity contribution in [3.8, 4) is 11.3 Å². The van der Waals surface area contributed by atoms with Gasteiger partial charge in [0.05, 0.1) is 22.0 Å². The number of alkyl halides is 3. The highest BCUT2D eigenvalue weighted by molar-refractivity contribution is 8.93. The number of nitrogens with zero attached hydrogens (tertiary/aromatic N) is 3. The molecular formula is C21H22BrClF3N3O2S2. The Hall–Kier alpha value is -1.66. The molecule has 0 bridgehead atoms. The van der Waals surface area contributed by atoms with Gasteiger partial charge in [0.15, 0.2) is 4.80 Å². The number of rotatable bonds is 6. The molecule has 0 saturated carbocycles.